The molecule has 0 aliphatic rings. The number of rotatable bonds is 7. The van der Waals surface area contributed by atoms with Crippen molar-refractivity contribution < 1.29 is 4.79 Å². The average Bonchev–Trinajstić information content (AvgIpc) is 3.05. The lowest BCUT2D eigenvalue weighted by molar-refractivity contribution is -0.121. The van der Waals surface area contributed by atoms with Gasteiger partial charge in [0.2, 0.25) is 5.91 Å². The monoisotopic (exact) mass is 357 g/mol. The minimum absolute atomic E-state index is 0. The van der Waals surface area contributed by atoms with Gasteiger partial charge in [-0.15, -0.1) is 12.4 Å². The number of H-pyrrole nitrogens is 1. The zero-order chi connectivity index (χ0) is 16.8. The SMILES string of the molecule is Cl.NCCCC(=O)NCC(c1ccccc1)c1c[nH]c2ccccc12. The Hall–Kier alpha value is -2.30. The molecule has 1 heterocycles. The second-order valence-corrected chi connectivity index (χ2v) is 5.95. The number of aromatic nitrogens is 1. The molecule has 3 rings (SSSR count). The second kappa shape index (κ2) is 9.25. The van der Waals surface area contributed by atoms with Crippen LogP contribution in [0.15, 0.2) is 60.8 Å². The number of hydrogen-bond donors (Lipinski definition) is 3. The molecule has 5 heteroatoms. The number of aromatic amines is 1. The highest BCUT2D eigenvalue weighted by atomic mass is 35.5. The van der Waals surface area contributed by atoms with Gasteiger partial charge in [0.15, 0.2) is 0 Å². The van der Waals surface area contributed by atoms with Crippen LogP contribution in [0.3, 0.4) is 0 Å². The van der Waals surface area contributed by atoms with Gasteiger partial charge in [0.05, 0.1) is 0 Å². The molecule has 2 aromatic carbocycles. The molecule has 0 spiro atoms. The van der Waals surface area contributed by atoms with Crippen molar-refractivity contribution in [3.8, 4) is 0 Å². The molecule has 0 saturated heterocycles. The molecule has 0 bridgehead atoms. The van der Waals surface area contributed by atoms with E-state index in [1.165, 1.54) is 16.5 Å². The normalized spacial score (nSPS) is 11.7. The number of amides is 1. The van der Waals surface area contributed by atoms with Crippen LogP contribution < -0.4 is 11.1 Å². The van der Waals surface area contributed by atoms with Crippen LogP contribution in [0.25, 0.3) is 10.9 Å². The molecule has 4 N–H and O–H groups in total. The van der Waals surface area contributed by atoms with Crippen LogP contribution >= 0.6 is 12.4 Å². The summed E-state index contributed by atoms with van der Waals surface area (Å²) in [4.78, 5) is 15.3. The minimum Gasteiger partial charge on any atom is -0.361 e. The van der Waals surface area contributed by atoms with Crippen LogP contribution in [-0.4, -0.2) is 24.0 Å². The van der Waals surface area contributed by atoms with Gasteiger partial charge in [-0.3, -0.25) is 4.79 Å². The van der Waals surface area contributed by atoms with Crippen molar-refractivity contribution in [1.29, 1.82) is 0 Å². The molecule has 1 aromatic heterocycles. The summed E-state index contributed by atoms with van der Waals surface area (Å²) in [6.07, 6.45) is 3.25. The van der Waals surface area contributed by atoms with Gasteiger partial charge in [-0.25, -0.2) is 0 Å². The number of fused-ring (bicyclic) bond motifs is 1. The number of nitrogens with two attached hydrogens (primary N) is 1. The van der Waals surface area contributed by atoms with E-state index in [1.807, 2.05) is 36.5 Å². The van der Waals surface area contributed by atoms with E-state index in [0.717, 1.165) is 11.9 Å². The topological polar surface area (TPSA) is 70.9 Å². The van der Waals surface area contributed by atoms with Crippen LogP contribution in [0.5, 0.6) is 0 Å². The number of halogens is 1. The number of carbonyl (C=O) groups excluding carboxylic acids is 1. The Balaban J connectivity index is 0.00000225. The molecule has 4 nitrogen and oxygen atoms in total. The molecule has 0 aliphatic carbocycles. The predicted octanol–water partition coefficient (Wildman–Crippen LogP) is 3.58. The zero-order valence-corrected chi connectivity index (χ0v) is 14.9. The maximum Gasteiger partial charge on any atom is 0.220 e. The van der Waals surface area contributed by atoms with Crippen molar-refractivity contribution in [1.82, 2.24) is 10.3 Å². The molecular formula is C20H24ClN3O. The van der Waals surface area contributed by atoms with E-state index in [9.17, 15) is 4.79 Å². The number of hydrogen-bond acceptors (Lipinski definition) is 2. The van der Waals surface area contributed by atoms with E-state index in [1.54, 1.807) is 0 Å². The van der Waals surface area contributed by atoms with Gasteiger partial charge in [0, 0.05) is 36.0 Å². The first-order valence-electron chi connectivity index (χ1n) is 8.37. The van der Waals surface area contributed by atoms with Gasteiger partial charge in [-0.2, -0.15) is 0 Å². The zero-order valence-electron chi connectivity index (χ0n) is 14.1. The first-order chi connectivity index (χ1) is 11.8. The van der Waals surface area contributed by atoms with Crippen LogP contribution in [0.2, 0.25) is 0 Å². The number of benzene rings is 2. The largest absolute Gasteiger partial charge is 0.361 e. The predicted molar refractivity (Wildman–Crippen MR) is 105 cm³/mol. The Morgan fingerprint density at radius 2 is 1.80 bits per heavy atom. The van der Waals surface area contributed by atoms with E-state index < -0.39 is 0 Å². The molecule has 0 saturated carbocycles. The van der Waals surface area contributed by atoms with E-state index in [-0.39, 0.29) is 24.2 Å². The Bertz CT molecular complexity index is 801. The fourth-order valence-corrected chi connectivity index (χ4v) is 3.04. The number of nitrogens with one attached hydrogen (secondary N) is 2. The summed E-state index contributed by atoms with van der Waals surface area (Å²) in [6.45, 7) is 1.12. The Morgan fingerprint density at radius 1 is 1.08 bits per heavy atom. The summed E-state index contributed by atoms with van der Waals surface area (Å²) < 4.78 is 0. The number of para-hydroxylation sites is 1. The second-order valence-electron chi connectivity index (χ2n) is 5.95. The quantitative estimate of drug-likeness (QED) is 0.604. The summed E-state index contributed by atoms with van der Waals surface area (Å²) in [7, 11) is 0. The van der Waals surface area contributed by atoms with Crippen molar-refractivity contribution in [2.24, 2.45) is 5.73 Å². The van der Waals surface area contributed by atoms with Gasteiger partial charge in [0.25, 0.3) is 0 Å². The van der Waals surface area contributed by atoms with Crippen LogP contribution in [0, 0.1) is 0 Å². The van der Waals surface area contributed by atoms with Crippen LogP contribution in [0.4, 0.5) is 0 Å². The van der Waals surface area contributed by atoms with Crippen molar-refractivity contribution in [2.75, 3.05) is 13.1 Å². The first kappa shape index (κ1) is 19.0. The number of carbonyl (C=O) groups is 1. The summed E-state index contributed by atoms with van der Waals surface area (Å²) in [5, 5.41) is 4.26. The molecule has 0 radical (unpaired) electrons. The van der Waals surface area contributed by atoms with E-state index in [4.69, 9.17) is 5.73 Å². The summed E-state index contributed by atoms with van der Waals surface area (Å²) in [5.74, 6) is 0.172. The third kappa shape index (κ3) is 4.62. The molecule has 3 aromatic rings. The Morgan fingerprint density at radius 3 is 2.56 bits per heavy atom. The lowest BCUT2D eigenvalue weighted by Crippen LogP contribution is -2.29. The van der Waals surface area contributed by atoms with Crippen molar-refractivity contribution in [3.05, 3.63) is 71.9 Å². The third-order valence-corrected chi connectivity index (χ3v) is 4.31. The molecule has 132 valence electrons. The van der Waals surface area contributed by atoms with Gasteiger partial charge in [0.1, 0.15) is 0 Å². The first-order valence-corrected chi connectivity index (χ1v) is 8.37. The molecule has 1 atom stereocenters. The highest BCUT2D eigenvalue weighted by Gasteiger charge is 2.18. The van der Waals surface area contributed by atoms with E-state index in [2.05, 4.69) is 34.6 Å². The Labute approximate surface area is 154 Å². The van der Waals surface area contributed by atoms with Gasteiger partial charge < -0.3 is 16.0 Å². The fraction of sp³-hybridized carbons (Fsp3) is 0.250. The van der Waals surface area contributed by atoms with Crippen LogP contribution in [0.1, 0.15) is 29.9 Å². The standard InChI is InChI=1S/C20H23N3O.ClH/c21-12-6-11-20(24)23-13-17(15-7-2-1-3-8-15)18-14-22-19-10-5-4-9-16(18)19;/h1-5,7-10,14,17,22H,6,11-13,21H2,(H,23,24);1H. The summed E-state index contributed by atoms with van der Waals surface area (Å²) >= 11 is 0. The molecule has 1 amide bonds. The van der Waals surface area contributed by atoms with Gasteiger partial charge in [-0.05, 0) is 30.2 Å². The Kier molecular flexibility index (Phi) is 7.04. The highest BCUT2D eigenvalue weighted by molar-refractivity contribution is 5.85. The minimum atomic E-state index is 0. The molecular weight excluding hydrogens is 334 g/mol. The summed E-state index contributed by atoms with van der Waals surface area (Å²) in [5.41, 5.74) is 8.99. The molecule has 1 unspecified atom stereocenters. The van der Waals surface area contributed by atoms with E-state index in [0.29, 0.717) is 19.5 Å². The van der Waals surface area contributed by atoms with Gasteiger partial charge in [-0.1, -0.05) is 48.5 Å². The summed E-state index contributed by atoms with van der Waals surface area (Å²) in [6, 6.07) is 18.6. The molecule has 0 fully saturated rings. The van der Waals surface area contributed by atoms with Gasteiger partial charge >= 0.3 is 0 Å². The third-order valence-electron chi connectivity index (χ3n) is 4.31. The van der Waals surface area contributed by atoms with Crippen molar-refractivity contribution in [3.63, 3.8) is 0 Å². The van der Waals surface area contributed by atoms with Crippen molar-refractivity contribution >= 4 is 29.2 Å². The highest BCUT2D eigenvalue weighted by Crippen LogP contribution is 2.30. The lowest BCUT2D eigenvalue weighted by atomic mass is 9.91. The molecule has 25 heavy (non-hydrogen) atoms. The maximum absolute atomic E-state index is 12.0. The maximum atomic E-state index is 12.0. The molecule has 0 aliphatic heterocycles. The lowest BCUT2D eigenvalue weighted by Gasteiger charge is -2.18. The van der Waals surface area contributed by atoms with E-state index >= 15 is 0 Å². The van der Waals surface area contributed by atoms with Crippen LogP contribution in [-0.2, 0) is 4.79 Å². The van der Waals surface area contributed by atoms with Crippen molar-refractivity contribution in [2.45, 2.75) is 18.8 Å². The smallest absolute Gasteiger partial charge is 0.220 e. The average molecular weight is 358 g/mol. The fourth-order valence-electron chi connectivity index (χ4n) is 3.04.